The molecular weight excluding hydrogens is 392 g/mol. The molecule has 3 aromatic rings. The number of rotatable bonds is 4. The van der Waals surface area contributed by atoms with Gasteiger partial charge in [-0.2, -0.15) is 5.26 Å². The molecule has 0 unspecified atom stereocenters. The van der Waals surface area contributed by atoms with Crippen LogP contribution in [0.3, 0.4) is 0 Å². The minimum Gasteiger partial charge on any atom is -0.367 e. The number of anilines is 2. The van der Waals surface area contributed by atoms with Crippen LogP contribution >= 0.6 is 11.6 Å². The van der Waals surface area contributed by atoms with Gasteiger partial charge in [0.2, 0.25) is 0 Å². The molecule has 1 saturated carbocycles. The molecule has 1 aliphatic carbocycles. The number of pyridine rings is 1. The maximum atomic E-state index is 10.0. The zero-order valence-electron chi connectivity index (χ0n) is 16.8. The van der Waals surface area contributed by atoms with Crippen molar-refractivity contribution in [2.24, 2.45) is 0 Å². The minimum absolute atomic E-state index is 0.514. The van der Waals surface area contributed by atoms with Crippen LogP contribution in [0.25, 0.3) is 11.1 Å². The first kappa shape index (κ1) is 19.0. The summed E-state index contributed by atoms with van der Waals surface area (Å²) in [5.41, 5.74) is 5.41. The molecule has 1 saturated heterocycles. The molecule has 1 aromatic heterocycles. The van der Waals surface area contributed by atoms with Crippen LogP contribution in [-0.2, 0) is 0 Å². The summed E-state index contributed by atoms with van der Waals surface area (Å²) in [4.78, 5) is 9.16. The fraction of sp³-hybridized carbons (Fsp3) is 0.280. The van der Waals surface area contributed by atoms with Gasteiger partial charge in [0, 0.05) is 37.4 Å². The van der Waals surface area contributed by atoms with Gasteiger partial charge in [0.25, 0.3) is 0 Å². The molecule has 0 spiro atoms. The van der Waals surface area contributed by atoms with Crippen molar-refractivity contribution in [1.29, 1.82) is 5.26 Å². The van der Waals surface area contributed by atoms with Gasteiger partial charge in [-0.3, -0.25) is 0 Å². The number of nitrogens with zero attached hydrogens (tertiary/aromatic N) is 4. The molecule has 1 aliphatic heterocycles. The number of hydrogen-bond acceptors (Lipinski definition) is 4. The molecule has 2 aromatic carbocycles. The molecule has 0 radical (unpaired) electrons. The van der Waals surface area contributed by atoms with Gasteiger partial charge < -0.3 is 9.80 Å². The average molecular weight is 415 g/mol. The summed E-state index contributed by atoms with van der Waals surface area (Å²) >= 11 is 6.09. The highest BCUT2D eigenvalue weighted by molar-refractivity contribution is 6.30. The normalized spacial score (nSPS) is 16.4. The molecule has 2 aliphatic rings. The van der Waals surface area contributed by atoms with Crippen LogP contribution in [0.5, 0.6) is 0 Å². The van der Waals surface area contributed by atoms with E-state index >= 15 is 0 Å². The summed E-state index contributed by atoms with van der Waals surface area (Å²) in [6.07, 6.45) is 4.18. The third-order valence-electron chi connectivity index (χ3n) is 6.05. The molecular formula is C25H23ClN4. The van der Waals surface area contributed by atoms with Crippen molar-refractivity contribution >= 4 is 23.1 Å². The van der Waals surface area contributed by atoms with Crippen molar-refractivity contribution < 1.29 is 0 Å². The van der Waals surface area contributed by atoms with Gasteiger partial charge in [-0.1, -0.05) is 29.8 Å². The molecule has 0 N–H and O–H groups in total. The lowest BCUT2D eigenvalue weighted by molar-refractivity contribution is 0.647. The Morgan fingerprint density at radius 1 is 0.900 bits per heavy atom. The van der Waals surface area contributed by atoms with E-state index in [1.807, 2.05) is 30.5 Å². The van der Waals surface area contributed by atoms with E-state index in [2.05, 4.69) is 51.2 Å². The SMILES string of the molecule is N#Cc1c(C2CC2)cc(-c2ccc(Cl)cc2)cc1N1CCN(c2ccccn2)CC1. The van der Waals surface area contributed by atoms with E-state index in [1.165, 1.54) is 18.4 Å². The zero-order valence-corrected chi connectivity index (χ0v) is 17.5. The molecule has 0 amide bonds. The minimum atomic E-state index is 0.514. The van der Waals surface area contributed by atoms with E-state index in [1.54, 1.807) is 0 Å². The Kier molecular flexibility index (Phi) is 5.06. The maximum Gasteiger partial charge on any atom is 0.128 e. The lowest BCUT2D eigenvalue weighted by Gasteiger charge is -2.37. The average Bonchev–Trinajstić information content (AvgIpc) is 3.65. The second kappa shape index (κ2) is 8.01. The Morgan fingerprint density at radius 3 is 2.27 bits per heavy atom. The zero-order chi connectivity index (χ0) is 20.5. The highest BCUT2D eigenvalue weighted by atomic mass is 35.5. The highest BCUT2D eigenvalue weighted by Gasteiger charge is 2.30. The van der Waals surface area contributed by atoms with Gasteiger partial charge in [0.15, 0.2) is 0 Å². The van der Waals surface area contributed by atoms with Crippen molar-refractivity contribution in [3.63, 3.8) is 0 Å². The van der Waals surface area contributed by atoms with Crippen molar-refractivity contribution in [1.82, 2.24) is 4.98 Å². The maximum absolute atomic E-state index is 10.0. The Balaban J connectivity index is 1.48. The quantitative estimate of drug-likeness (QED) is 0.567. The summed E-state index contributed by atoms with van der Waals surface area (Å²) in [6, 6.07) is 20.9. The summed E-state index contributed by atoms with van der Waals surface area (Å²) in [5, 5.41) is 10.8. The van der Waals surface area contributed by atoms with Gasteiger partial charge in [-0.25, -0.2) is 4.98 Å². The first-order valence-electron chi connectivity index (χ1n) is 10.5. The van der Waals surface area contributed by atoms with Crippen LogP contribution in [-0.4, -0.2) is 31.2 Å². The van der Waals surface area contributed by atoms with Gasteiger partial charge in [0.05, 0.1) is 11.3 Å². The van der Waals surface area contributed by atoms with E-state index in [4.69, 9.17) is 11.6 Å². The number of benzene rings is 2. The van der Waals surface area contributed by atoms with Crippen LogP contribution < -0.4 is 9.80 Å². The predicted octanol–water partition coefficient (Wildman–Crippen LogP) is 5.48. The topological polar surface area (TPSA) is 43.2 Å². The Labute approximate surface area is 182 Å². The molecule has 2 heterocycles. The predicted molar refractivity (Wildman–Crippen MR) is 122 cm³/mol. The van der Waals surface area contributed by atoms with Crippen LogP contribution in [0.1, 0.15) is 29.9 Å². The van der Waals surface area contributed by atoms with Crippen LogP contribution in [0.4, 0.5) is 11.5 Å². The van der Waals surface area contributed by atoms with Crippen LogP contribution in [0.2, 0.25) is 5.02 Å². The molecule has 0 bridgehead atoms. The van der Waals surface area contributed by atoms with Crippen molar-refractivity contribution in [2.75, 3.05) is 36.0 Å². The van der Waals surface area contributed by atoms with E-state index < -0.39 is 0 Å². The van der Waals surface area contributed by atoms with Crippen LogP contribution in [0, 0.1) is 11.3 Å². The molecule has 5 heteroatoms. The first-order valence-corrected chi connectivity index (χ1v) is 10.9. The van der Waals surface area contributed by atoms with Crippen molar-refractivity contribution in [2.45, 2.75) is 18.8 Å². The van der Waals surface area contributed by atoms with Gasteiger partial charge >= 0.3 is 0 Å². The Hall–Kier alpha value is -3.03. The Bertz CT molecular complexity index is 1080. The van der Waals surface area contributed by atoms with Gasteiger partial charge in [-0.15, -0.1) is 0 Å². The monoisotopic (exact) mass is 414 g/mol. The Morgan fingerprint density at radius 2 is 1.63 bits per heavy atom. The molecule has 2 fully saturated rings. The number of hydrogen-bond donors (Lipinski definition) is 0. The summed E-state index contributed by atoms with van der Waals surface area (Å²) in [7, 11) is 0. The number of nitriles is 1. The molecule has 5 rings (SSSR count). The first-order chi connectivity index (χ1) is 14.7. The standard InChI is InChI=1S/C25H23ClN4/c26-21-8-6-18(7-9-21)20-15-22(19-4-5-19)23(17-27)24(16-20)29-11-13-30(14-12-29)25-3-1-2-10-28-25/h1-3,6-10,15-16,19H,4-5,11-14H2. The van der Waals surface area contributed by atoms with Crippen molar-refractivity contribution in [3.05, 3.63) is 76.9 Å². The second-order valence-corrected chi connectivity index (χ2v) is 8.45. The second-order valence-electron chi connectivity index (χ2n) is 8.01. The molecule has 30 heavy (non-hydrogen) atoms. The van der Waals surface area contributed by atoms with E-state index in [9.17, 15) is 5.26 Å². The lowest BCUT2D eigenvalue weighted by Crippen LogP contribution is -2.47. The smallest absolute Gasteiger partial charge is 0.128 e. The third-order valence-corrected chi connectivity index (χ3v) is 6.30. The number of aromatic nitrogens is 1. The molecule has 4 nitrogen and oxygen atoms in total. The summed E-state index contributed by atoms with van der Waals surface area (Å²) < 4.78 is 0. The van der Waals surface area contributed by atoms with Crippen LogP contribution in [0.15, 0.2) is 60.8 Å². The summed E-state index contributed by atoms with van der Waals surface area (Å²) in [6.45, 7) is 3.54. The number of piperazine rings is 1. The molecule has 0 atom stereocenters. The van der Waals surface area contributed by atoms with Gasteiger partial charge in [-0.05, 0) is 71.8 Å². The molecule has 150 valence electrons. The third kappa shape index (κ3) is 3.74. The van der Waals surface area contributed by atoms with Gasteiger partial charge in [0.1, 0.15) is 11.9 Å². The fourth-order valence-electron chi connectivity index (χ4n) is 4.26. The summed E-state index contributed by atoms with van der Waals surface area (Å²) in [5.74, 6) is 1.53. The largest absolute Gasteiger partial charge is 0.367 e. The van der Waals surface area contributed by atoms with E-state index in [0.29, 0.717) is 5.92 Å². The van der Waals surface area contributed by atoms with E-state index in [-0.39, 0.29) is 0 Å². The fourth-order valence-corrected chi connectivity index (χ4v) is 4.39. The number of halogens is 1. The lowest BCUT2D eigenvalue weighted by atomic mass is 9.94. The van der Waals surface area contributed by atoms with Crippen molar-refractivity contribution in [3.8, 4) is 17.2 Å². The van der Waals surface area contributed by atoms with E-state index in [0.717, 1.165) is 59.4 Å². The highest BCUT2D eigenvalue weighted by Crippen LogP contribution is 2.45.